The van der Waals surface area contributed by atoms with Crippen LogP contribution in [0.3, 0.4) is 0 Å². The van der Waals surface area contributed by atoms with E-state index in [0.29, 0.717) is 23.9 Å². The molecular formula is C65H125NO8. The Hall–Kier alpha value is -1.97. The van der Waals surface area contributed by atoms with Gasteiger partial charge < -0.3 is 33.3 Å². The van der Waals surface area contributed by atoms with Crippen molar-refractivity contribution in [2.45, 2.75) is 341 Å². The summed E-state index contributed by atoms with van der Waals surface area (Å²) in [5, 5.41) is 11.8. The van der Waals surface area contributed by atoms with Crippen LogP contribution in [0.5, 0.6) is 0 Å². The van der Waals surface area contributed by atoms with Gasteiger partial charge in [0.1, 0.15) is 13.2 Å². The number of carbonyl (C=O) groups is 3. The van der Waals surface area contributed by atoms with Crippen LogP contribution in [0.1, 0.15) is 328 Å². The number of carboxylic acids is 1. The van der Waals surface area contributed by atoms with Crippen LogP contribution in [0.4, 0.5) is 0 Å². The van der Waals surface area contributed by atoms with Crippen LogP contribution in [0.25, 0.3) is 0 Å². The highest BCUT2D eigenvalue weighted by molar-refractivity contribution is 5.70. The average molecular weight is 1050 g/mol. The first kappa shape index (κ1) is 72.0. The quantitative estimate of drug-likeness (QED) is 0.0195. The largest absolute Gasteiger partial charge is 0.545 e. The van der Waals surface area contributed by atoms with E-state index in [1.165, 1.54) is 244 Å². The van der Waals surface area contributed by atoms with Crippen molar-refractivity contribution in [3.63, 3.8) is 0 Å². The Kier molecular flexibility index (Phi) is 55.7. The molecule has 9 heteroatoms. The maximum absolute atomic E-state index is 12.8. The van der Waals surface area contributed by atoms with Gasteiger partial charge >= 0.3 is 11.9 Å². The second kappa shape index (κ2) is 57.2. The van der Waals surface area contributed by atoms with Gasteiger partial charge in [-0.15, -0.1) is 0 Å². The summed E-state index contributed by atoms with van der Waals surface area (Å²) in [6, 6.07) is 0. The standard InChI is InChI=1S/C65H125NO8/c1-6-8-10-12-14-16-18-20-21-22-23-24-25-26-27-28-29-30-31-32-33-34-35-36-37-38-39-40-41-42-44-45-47-49-51-53-55-62(67)72-59-61(60-73-65(64(69)70)71-58-57-66(3,4)5)74-63(68)56-54-52-50-48-46-43-19-17-15-13-11-9-7-2/h17,19,61,65H,6-16,18,20-60H2,1-5H3/b19-17-. The first-order chi connectivity index (χ1) is 36.1. The molecule has 0 fully saturated rings. The molecule has 0 aliphatic heterocycles. The molecule has 9 nitrogen and oxygen atoms in total. The van der Waals surface area contributed by atoms with Gasteiger partial charge in [0, 0.05) is 12.8 Å². The Morgan fingerprint density at radius 3 is 1.01 bits per heavy atom. The maximum atomic E-state index is 12.8. The molecule has 0 aliphatic rings. The first-order valence-corrected chi connectivity index (χ1v) is 32.3. The van der Waals surface area contributed by atoms with Crippen molar-refractivity contribution in [2.75, 3.05) is 47.5 Å². The molecule has 0 N–H and O–H groups in total. The molecule has 0 amide bonds. The lowest BCUT2D eigenvalue weighted by molar-refractivity contribution is -0.870. The highest BCUT2D eigenvalue weighted by atomic mass is 16.7. The Morgan fingerprint density at radius 1 is 0.392 bits per heavy atom. The van der Waals surface area contributed by atoms with Gasteiger partial charge in [-0.25, -0.2) is 0 Å². The summed E-state index contributed by atoms with van der Waals surface area (Å²) in [4.78, 5) is 37.2. The first-order valence-electron chi connectivity index (χ1n) is 32.3. The van der Waals surface area contributed by atoms with Gasteiger partial charge in [-0.2, -0.15) is 0 Å². The second-order valence-electron chi connectivity index (χ2n) is 23.4. The number of likely N-dealkylation sites (N-methyl/N-ethyl adjacent to an activating group) is 1. The van der Waals surface area contributed by atoms with Crippen LogP contribution in [-0.2, 0) is 33.3 Å². The normalized spacial score (nSPS) is 12.7. The number of nitrogens with zero attached hydrogens (tertiary/aromatic N) is 1. The molecule has 0 rings (SSSR count). The van der Waals surface area contributed by atoms with E-state index in [0.717, 1.165) is 51.4 Å². The number of allylic oxidation sites excluding steroid dienone is 2. The fourth-order valence-electron chi connectivity index (χ4n) is 9.77. The minimum absolute atomic E-state index is 0.149. The molecule has 0 heterocycles. The second-order valence-corrected chi connectivity index (χ2v) is 23.4. The number of ether oxygens (including phenoxy) is 4. The molecule has 0 aromatic heterocycles. The Labute approximate surface area is 459 Å². The van der Waals surface area contributed by atoms with Crippen molar-refractivity contribution in [1.29, 1.82) is 0 Å². The van der Waals surface area contributed by atoms with Crippen LogP contribution < -0.4 is 5.11 Å². The van der Waals surface area contributed by atoms with E-state index in [4.69, 9.17) is 18.9 Å². The van der Waals surface area contributed by atoms with E-state index >= 15 is 0 Å². The number of aliphatic carboxylic acids is 1. The highest BCUT2D eigenvalue weighted by Gasteiger charge is 2.22. The van der Waals surface area contributed by atoms with Gasteiger partial charge in [0.25, 0.3) is 0 Å². The number of hydrogen-bond acceptors (Lipinski definition) is 8. The molecule has 0 aromatic carbocycles. The van der Waals surface area contributed by atoms with E-state index in [-0.39, 0.29) is 32.2 Å². The number of hydrogen-bond donors (Lipinski definition) is 0. The van der Waals surface area contributed by atoms with Crippen molar-refractivity contribution < 1.29 is 42.9 Å². The zero-order chi connectivity index (χ0) is 54.1. The third-order valence-corrected chi connectivity index (χ3v) is 14.8. The fraction of sp³-hybridized carbons (Fsp3) is 0.923. The van der Waals surface area contributed by atoms with Crippen LogP contribution in [0.2, 0.25) is 0 Å². The summed E-state index contributed by atoms with van der Waals surface area (Å²) in [6.45, 7) is 4.77. The molecule has 0 aromatic rings. The van der Waals surface area contributed by atoms with Gasteiger partial charge in [0.2, 0.25) is 0 Å². The number of carbonyl (C=O) groups excluding carboxylic acids is 3. The molecular weight excluding hydrogens is 923 g/mol. The van der Waals surface area contributed by atoms with Crippen LogP contribution in [0, 0.1) is 0 Å². The van der Waals surface area contributed by atoms with Gasteiger partial charge in [0.15, 0.2) is 12.4 Å². The van der Waals surface area contributed by atoms with Crippen molar-refractivity contribution in [3.8, 4) is 0 Å². The zero-order valence-electron chi connectivity index (χ0n) is 50.0. The smallest absolute Gasteiger partial charge is 0.306 e. The predicted octanol–water partition coefficient (Wildman–Crippen LogP) is 18.0. The third kappa shape index (κ3) is 57.7. The molecule has 74 heavy (non-hydrogen) atoms. The summed E-state index contributed by atoms with van der Waals surface area (Å²) < 4.78 is 22.7. The average Bonchev–Trinajstić information content (AvgIpc) is 3.37. The topological polar surface area (TPSA) is 111 Å². The molecule has 2 unspecified atom stereocenters. The fourth-order valence-corrected chi connectivity index (χ4v) is 9.77. The van der Waals surface area contributed by atoms with Gasteiger partial charge in [-0.3, -0.25) is 9.59 Å². The van der Waals surface area contributed by atoms with Crippen LogP contribution >= 0.6 is 0 Å². The lowest BCUT2D eigenvalue weighted by Crippen LogP contribution is -2.44. The van der Waals surface area contributed by atoms with Crippen molar-refractivity contribution >= 4 is 17.9 Å². The third-order valence-electron chi connectivity index (χ3n) is 14.8. The van der Waals surface area contributed by atoms with Crippen molar-refractivity contribution in [2.24, 2.45) is 0 Å². The lowest BCUT2D eigenvalue weighted by Gasteiger charge is -2.26. The Morgan fingerprint density at radius 2 is 0.689 bits per heavy atom. The van der Waals surface area contributed by atoms with Crippen LogP contribution in [-0.4, -0.2) is 82.3 Å². The van der Waals surface area contributed by atoms with Gasteiger partial charge in [-0.05, 0) is 38.5 Å². The van der Waals surface area contributed by atoms with E-state index in [9.17, 15) is 19.5 Å². The zero-order valence-corrected chi connectivity index (χ0v) is 50.0. The minimum atomic E-state index is -1.62. The number of quaternary nitrogens is 1. The SMILES string of the molecule is CCCCCC/C=C\CCCCCCCC(=O)OC(COC(=O)CCCCCCCCCCCCCCCCCCCCCCCCCCCCCCCCCCCCCC)COC(OCC[N+](C)(C)C)C(=O)[O-]. The molecule has 0 bridgehead atoms. The molecule has 0 radical (unpaired) electrons. The molecule has 438 valence electrons. The summed E-state index contributed by atoms with van der Waals surface area (Å²) in [6.07, 6.45) is 64.6. The number of rotatable bonds is 61. The molecule has 0 saturated carbocycles. The van der Waals surface area contributed by atoms with Gasteiger partial charge in [-0.1, -0.05) is 289 Å². The Bertz CT molecular complexity index is 1220. The molecule has 2 atom stereocenters. The van der Waals surface area contributed by atoms with Crippen molar-refractivity contribution in [3.05, 3.63) is 12.2 Å². The summed E-state index contributed by atoms with van der Waals surface area (Å²) in [5.41, 5.74) is 0. The Balaban J connectivity index is 3.91. The van der Waals surface area contributed by atoms with Gasteiger partial charge in [0.05, 0.1) is 40.3 Å². The summed E-state index contributed by atoms with van der Waals surface area (Å²) >= 11 is 0. The van der Waals surface area contributed by atoms with E-state index < -0.39 is 24.3 Å². The number of carboxylic acid groups (broad SMARTS) is 1. The number of esters is 2. The minimum Gasteiger partial charge on any atom is -0.545 e. The van der Waals surface area contributed by atoms with E-state index in [1.54, 1.807) is 0 Å². The van der Waals surface area contributed by atoms with Crippen LogP contribution in [0.15, 0.2) is 12.2 Å². The molecule has 0 saturated heterocycles. The predicted molar refractivity (Wildman–Crippen MR) is 311 cm³/mol. The number of unbranched alkanes of at least 4 members (excludes halogenated alkanes) is 44. The lowest BCUT2D eigenvalue weighted by atomic mass is 10.0. The highest BCUT2D eigenvalue weighted by Crippen LogP contribution is 2.18. The molecule has 0 aliphatic carbocycles. The van der Waals surface area contributed by atoms with Crippen molar-refractivity contribution in [1.82, 2.24) is 0 Å². The summed E-state index contributed by atoms with van der Waals surface area (Å²) in [7, 11) is 5.93. The maximum Gasteiger partial charge on any atom is 0.306 e. The monoisotopic (exact) mass is 1050 g/mol. The van der Waals surface area contributed by atoms with E-state index in [2.05, 4.69) is 26.0 Å². The van der Waals surface area contributed by atoms with E-state index in [1.807, 2.05) is 21.1 Å². The molecule has 0 spiro atoms. The summed E-state index contributed by atoms with van der Waals surface area (Å²) in [5.74, 6) is -2.27.